The number of amidine groups is 1. The van der Waals surface area contributed by atoms with Crippen LogP contribution in [0.4, 0.5) is 14.5 Å². The van der Waals surface area contributed by atoms with Crippen LogP contribution in [0.5, 0.6) is 0 Å². The SMILES string of the molecule is CCC1=C(Cl)N=C2C(=CC1)NC(=O)C(CC)N2c1ccc(F)c(F)c1. The van der Waals surface area contributed by atoms with Crippen molar-refractivity contribution in [1.29, 1.82) is 0 Å². The summed E-state index contributed by atoms with van der Waals surface area (Å²) >= 11 is 6.33. The number of aliphatic imine (C=N–C) groups is 1. The molecule has 0 saturated carbocycles. The quantitative estimate of drug-likeness (QED) is 0.815. The Balaban J connectivity index is 2.17. The summed E-state index contributed by atoms with van der Waals surface area (Å²) in [6, 6.07) is 2.95. The normalized spacial score (nSPS) is 20.6. The average Bonchev–Trinajstić information content (AvgIpc) is 2.74. The van der Waals surface area contributed by atoms with E-state index in [1.165, 1.54) is 6.07 Å². The zero-order valence-electron chi connectivity index (χ0n) is 13.9. The summed E-state index contributed by atoms with van der Waals surface area (Å²) < 4.78 is 27.1. The fourth-order valence-electron chi connectivity index (χ4n) is 3.00. The van der Waals surface area contributed by atoms with E-state index in [1.807, 2.05) is 19.9 Å². The maximum atomic E-state index is 13.8. The fourth-order valence-corrected chi connectivity index (χ4v) is 3.29. The molecule has 132 valence electrons. The third kappa shape index (κ3) is 3.18. The largest absolute Gasteiger partial charge is 0.321 e. The number of hydrogen-bond acceptors (Lipinski definition) is 3. The number of benzene rings is 1. The van der Waals surface area contributed by atoms with E-state index in [0.29, 0.717) is 35.2 Å². The summed E-state index contributed by atoms with van der Waals surface area (Å²) in [5.74, 6) is -1.70. The Morgan fingerprint density at radius 2 is 2.08 bits per heavy atom. The first-order valence-electron chi connectivity index (χ1n) is 8.18. The van der Waals surface area contributed by atoms with Gasteiger partial charge in [0.15, 0.2) is 17.5 Å². The van der Waals surface area contributed by atoms with E-state index in [2.05, 4.69) is 10.3 Å². The number of piperazine rings is 1. The number of anilines is 1. The van der Waals surface area contributed by atoms with Crippen molar-refractivity contribution in [3.8, 4) is 0 Å². The Morgan fingerprint density at radius 3 is 2.72 bits per heavy atom. The van der Waals surface area contributed by atoms with Crippen LogP contribution >= 0.6 is 11.6 Å². The van der Waals surface area contributed by atoms with Gasteiger partial charge in [0.05, 0.1) is 5.70 Å². The summed E-state index contributed by atoms with van der Waals surface area (Å²) in [6.45, 7) is 3.82. The molecule has 0 spiro atoms. The molecule has 1 saturated heterocycles. The number of carbonyl (C=O) groups excluding carboxylic acids is 1. The summed E-state index contributed by atoms with van der Waals surface area (Å²) in [5, 5.41) is 3.21. The van der Waals surface area contributed by atoms with Gasteiger partial charge in [-0.15, -0.1) is 0 Å². The summed E-state index contributed by atoms with van der Waals surface area (Å²) in [6.07, 6.45) is 3.62. The van der Waals surface area contributed by atoms with Crippen molar-refractivity contribution in [3.63, 3.8) is 0 Å². The molecule has 1 amide bonds. The zero-order valence-corrected chi connectivity index (χ0v) is 14.7. The van der Waals surface area contributed by atoms with Crippen LogP contribution in [0.25, 0.3) is 0 Å². The Morgan fingerprint density at radius 1 is 1.32 bits per heavy atom. The first-order chi connectivity index (χ1) is 12.0. The van der Waals surface area contributed by atoms with E-state index in [0.717, 1.165) is 24.1 Å². The van der Waals surface area contributed by atoms with Crippen molar-refractivity contribution in [2.24, 2.45) is 4.99 Å². The Bertz CT molecular complexity index is 817. The molecule has 7 heteroatoms. The number of rotatable bonds is 3. The third-order valence-electron chi connectivity index (χ3n) is 4.38. The summed E-state index contributed by atoms with van der Waals surface area (Å²) in [5.41, 5.74) is 1.83. The standard InChI is InChI=1S/C18H18ClF2N3O/c1-3-10-5-8-14-17(23-16(10)19)24(15(4-2)18(25)22-14)11-6-7-12(20)13(21)9-11/h6-9,15H,3-5H2,1-2H3,(H,22,25). The lowest BCUT2D eigenvalue weighted by molar-refractivity contribution is -0.121. The predicted octanol–water partition coefficient (Wildman–Crippen LogP) is 4.23. The monoisotopic (exact) mass is 365 g/mol. The zero-order chi connectivity index (χ0) is 18.1. The van der Waals surface area contributed by atoms with Gasteiger partial charge in [-0.2, -0.15) is 0 Å². The van der Waals surface area contributed by atoms with Crippen LogP contribution in [-0.4, -0.2) is 17.8 Å². The van der Waals surface area contributed by atoms with Gasteiger partial charge in [-0.1, -0.05) is 31.5 Å². The minimum atomic E-state index is -0.978. The van der Waals surface area contributed by atoms with Crippen LogP contribution < -0.4 is 10.2 Å². The summed E-state index contributed by atoms with van der Waals surface area (Å²) in [4.78, 5) is 18.6. The van der Waals surface area contributed by atoms with Crippen molar-refractivity contribution in [1.82, 2.24) is 5.32 Å². The van der Waals surface area contributed by atoms with E-state index in [4.69, 9.17) is 11.6 Å². The van der Waals surface area contributed by atoms with E-state index >= 15 is 0 Å². The van der Waals surface area contributed by atoms with Gasteiger partial charge in [0.1, 0.15) is 11.2 Å². The van der Waals surface area contributed by atoms with Gasteiger partial charge in [-0.05, 0) is 37.0 Å². The van der Waals surface area contributed by atoms with Crippen molar-refractivity contribution in [3.05, 3.63) is 52.3 Å². The highest BCUT2D eigenvalue weighted by Crippen LogP contribution is 2.31. The second kappa shape index (κ2) is 6.96. The van der Waals surface area contributed by atoms with Crippen LogP contribution in [0, 0.1) is 11.6 Å². The summed E-state index contributed by atoms with van der Waals surface area (Å²) in [7, 11) is 0. The number of hydrogen-bond donors (Lipinski definition) is 1. The van der Waals surface area contributed by atoms with E-state index in [1.54, 1.807) is 4.90 Å². The minimum absolute atomic E-state index is 0.214. The Hall–Kier alpha value is -2.21. The molecule has 25 heavy (non-hydrogen) atoms. The van der Waals surface area contributed by atoms with Crippen molar-refractivity contribution >= 4 is 29.0 Å². The molecule has 2 heterocycles. The molecule has 1 unspecified atom stereocenters. The molecule has 0 aliphatic carbocycles. The highest BCUT2D eigenvalue weighted by Gasteiger charge is 2.37. The minimum Gasteiger partial charge on any atom is -0.321 e. The molecule has 1 aromatic rings. The first-order valence-corrected chi connectivity index (χ1v) is 8.55. The number of halogens is 3. The lowest BCUT2D eigenvalue weighted by Crippen LogP contribution is -2.57. The topological polar surface area (TPSA) is 44.7 Å². The Kier molecular flexibility index (Phi) is 4.90. The number of carbonyl (C=O) groups is 1. The van der Waals surface area contributed by atoms with Crippen LogP contribution in [0.15, 0.2) is 45.7 Å². The molecule has 1 aromatic carbocycles. The smallest absolute Gasteiger partial charge is 0.247 e. The van der Waals surface area contributed by atoms with E-state index < -0.39 is 17.7 Å². The van der Waals surface area contributed by atoms with Gasteiger partial charge in [-0.3, -0.25) is 4.79 Å². The number of amides is 1. The highest BCUT2D eigenvalue weighted by atomic mass is 35.5. The molecule has 3 rings (SSSR count). The highest BCUT2D eigenvalue weighted by molar-refractivity contribution is 6.31. The van der Waals surface area contributed by atoms with E-state index in [-0.39, 0.29) is 5.91 Å². The fraction of sp³-hybridized carbons (Fsp3) is 0.333. The number of nitrogens with one attached hydrogen (secondary N) is 1. The second-order valence-corrected chi connectivity index (χ2v) is 6.24. The Labute approximate surface area is 149 Å². The van der Waals surface area contributed by atoms with Crippen LogP contribution in [0.3, 0.4) is 0 Å². The van der Waals surface area contributed by atoms with Crippen molar-refractivity contribution in [2.45, 2.75) is 39.2 Å². The maximum Gasteiger partial charge on any atom is 0.247 e. The average molecular weight is 366 g/mol. The van der Waals surface area contributed by atoms with Gasteiger partial charge in [0.25, 0.3) is 0 Å². The molecular weight excluding hydrogens is 348 g/mol. The molecule has 2 aliphatic heterocycles. The molecule has 0 bridgehead atoms. The van der Waals surface area contributed by atoms with Crippen molar-refractivity contribution < 1.29 is 13.6 Å². The maximum absolute atomic E-state index is 13.8. The van der Waals surface area contributed by atoms with Crippen LogP contribution in [0.2, 0.25) is 0 Å². The third-order valence-corrected chi connectivity index (χ3v) is 4.74. The molecule has 1 fully saturated rings. The van der Waals surface area contributed by atoms with Gasteiger partial charge in [0, 0.05) is 11.8 Å². The molecule has 2 aliphatic rings. The molecule has 0 aromatic heterocycles. The van der Waals surface area contributed by atoms with Gasteiger partial charge >= 0.3 is 0 Å². The molecular formula is C18H18ClF2N3O. The number of nitrogens with zero attached hydrogens (tertiary/aromatic N) is 2. The first kappa shape index (κ1) is 17.6. The van der Waals surface area contributed by atoms with Gasteiger partial charge in [0.2, 0.25) is 5.91 Å². The van der Waals surface area contributed by atoms with Crippen molar-refractivity contribution in [2.75, 3.05) is 4.90 Å². The molecule has 1 atom stereocenters. The number of fused-ring (bicyclic) bond motifs is 1. The van der Waals surface area contributed by atoms with Crippen LogP contribution in [0.1, 0.15) is 33.1 Å². The molecule has 4 nitrogen and oxygen atoms in total. The lowest BCUT2D eigenvalue weighted by atomic mass is 10.0. The van der Waals surface area contributed by atoms with Gasteiger partial charge in [-0.25, -0.2) is 13.8 Å². The molecule has 1 N–H and O–H groups in total. The van der Waals surface area contributed by atoms with E-state index in [9.17, 15) is 13.6 Å². The number of allylic oxidation sites excluding steroid dienone is 2. The lowest BCUT2D eigenvalue weighted by Gasteiger charge is -2.38. The predicted molar refractivity (Wildman–Crippen MR) is 94.4 cm³/mol. The molecule has 0 radical (unpaired) electrons. The van der Waals surface area contributed by atoms with Crippen LogP contribution in [-0.2, 0) is 4.79 Å². The van der Waals surface area contributed by atoms with Gasteiger partial charge < -0.3 is 10.2 Å². The second-order valence-electron chi connectivity index (χ2n) is 5.89.